The van der Waals surface area contributed by atoms with Crippen molar-refractivity contribution in [3.05, 3.63) is 29.3 Å². The van der Waals surface area contributed by atoms with Crippen molar-refractivity contribution in [2.75, 3.05) is 37.6 Å². The van der Waals surface area contributed by atoms with Crippen molar-refractivity contribution >= 4 is 11.8 Å². The molecule has 0 radical (unpaired) electrons. The van der Waals surface area contributed by atoms with Gasteiger partial charge in [-0.1, -0.05) is 32.0 Å². The zero-order chi connectivity index (χ0) is 18.4. The number of carbonyl (C=O) groups excluding carboxylic acids is 1. The number of carbonyl (C=O) groups is 1. The highest BCUT2D eigenvalue weighted by Gasteiger charge is 2.30. The summed E-state index contributed by atoms with van der Waals surface area (Å²) in [4.78, 5) is 16.7. The maximum Gasteiger partial charge on any atom is 0.414 e. The van der Waals surface area contributed by atoms with E-state index >= 15 is 0 Å². The Kier molecular flexibility index (Phi) is 6.85. The topological polar surface area (TPSA) is 44.8 Å². The molecule has 2 rings (SSSR count). The first-order chi connectivity index (χ1) is 11.9. The number of rotatable bonds is 7. The van der Waals surface area contributed by atoms with E-state index in [0.717, 1.165) is 44.8 Å². The molecule has 1 aromatic rings. The molecule has 0 aromatic heterocycles. The summed E-state index contributed by atoms with van der Waals surface area (Å²) >= 11 is 0. The van der Waals surface area contributed by atoms with Crippen molar-refractivity contribution in [2.24, 2.45) is 0 Å². The highest BCUT2D eigenvalue weighted by Crippen LogP contribution is 2.33. The van der Waals surface area contributed by atoms with Crippen molar-refractivity contribution in [3.8, 4) is 0 Å². The SMILES string of the molecule is CCN(CC)CCNCc1cccc2c1N(C(=O)OC(C)(C)C)CC2. The van der Waals surface area contributed by atoms with Crippen LogP contribution in [0.2, 0.25) is 0 Å². The van der Waals surface area contributed by atoms with Gasteiger partial charge in [-0.3, -0.25) is 4.90 Å². The molecule has 1 heterocycles. The van der Waals surface area contributed by atoms with Crippen LogP contribution in [-0.4, -0.2) is 49.3 Å². The third-order valence-electron chi connectivity index (χ3n) is 4.51. The first-order valence-electron chi connectivity index (χ1n) is 9.40. The number of anilines is 1. The van der Waals surface area contributed by atoms with E-state index in [1.54, 1.807) is 4.90 Å². The maximum atomic E-state index is 12.5. The summed E-state index contributed by atoms with van der Waals surface area (Å²) in [7, 11) is 0. The lowest BCUT2D eigenvalue weighted by Gasteiger charge is -2.26. The highest BCUT2D eigenvalue weighted by molar-refractivity contribution is 5.91. The Balaban J connectivity index is 2.02. The Bertz CT molecular complexity index is 577. The van der Waals surface area contributed by atoms with Gasteiger partial charge >= 0.3 is 6.09 Å². The Morgan fingerprint density at radius 1 is 1.28 bits per heavy atom. The van der Waals surface area contributed by atoms with Gasteiger partial charge in [-0.2, -0.15) is 0 Å². The molecule has 0 unspecified atom stereocenters. The van der Waals surface area contributed by atoms with Crippen LogP contribution in [0, 0.1) is 0 Å². The largest absolute Gasteiger partial charge is 0.443 e. The van der Waals surface area contributed by atoms with Crippen LogP contribution in [0.25, 0.3) is 0 Å². The molecule has 0 saturated carbocycles. The van der Waals surface area contributed by atoms with Crippen LogP contribution in [0.3, 0.4) is 0 Å². The Hall–Kier alpha value is -1.59. The average molecular weight is 348 g/mol. The minimum atomic E-state index is -0.475. The standard InChI is InChI=1S/C20H33N3O2/c1-6-22(7-2)14-12-21-15-17-10-8-9-16-11-13-23(18(16)17)19(24)25-20(3,4)5/h8-10,21H,6-7,11-15H2,1-5H3. The predicted molar refractivity (Wildman–Crippen MR) is 103 cm³/mol. The molecular formula is C20H33N3O2. The molecule has 140 valence electrons. The fourth-order valence-corrected chi connectivity index (χ4v) is 3.18. The van der Waals surface area contributed by atoms with Crippen LogP contribution in [0.15, 0.2) is 18.2 Å². The second-order valence-corrected chi connectivity index (χ2v) is 7.51. The molecule has 1 aromatic carbocycles. The van der Waals surface area contributed by atoms with Crippen molar-refractivity contribution in [2.45, 2.75) is 53.2 Å². The number of nitrogens with one attached hydrogen (secondary N) is 1. The van der Waals surface area contributed by atoms with E-state index in [0.29, 0.717) is 6.54 Å². The molecule has 1 amide bonds. The lowest BCUT2D eigenvalue weighted by Crippen LogP contribution is -2.36. The van der Waals surface area contributed by atoms with Crippen molar-refractivity contribution < 1.29 is 9.53 Å². The van der Waals surface area contributed by atoms with Gasteiger partial charge in [-0.05, 0) is 51.4 Å². The lowest BCUT2D eigenvalue weighted by molar-refractivity contribution is 0.0583. The van der Waals surface area contributed by atoms with E-state index in [2.05, 4.69) is 42.3 Å². The number of nitrogens with zero attached hydrogens (tertiary/aromatic N) is 2. The van der Waals surface area contributed by atoms with Crippen LogP contribution in [0.4, 0.5) is 10.5 Å². The molecular weight excluding hydrogens is 314 g/mol. The van der Waals surface area contributed by atoms with Crippen LogP contribution in [0.1, 0.15) is 45.7 Å². The maximum absolute atomic E-state index is 12.5. The molecule has 0 saturated heterocycles. The van der Waals surface area contributed by atoms with Gasteiger partial charge in [0.1, 0.15) is 5.60 Å². The second-order valence-electron chi connectivity index (χ2n) is 7.51. The third-order valence-corrected chi connectivity index (χ3v) is 4.51. The quantitative estimate of drug-likeness (QED) is 0.768. The van der Waals surface area contributed by atoms with Crippen LogP contribution < -0.4 is 10.2 Å². The molecule has 0 bridgehead atoms. The molecule has 0 aliphatic carbocycles. The lowest BCUT2D eigenvalue weighted by atomic mass is 10.1. The Morgan fingerprint density at radius 2 is 2.00 bits per heavy atom. The monoisotopic (exact) mass is 347 g/mol. The summed E-state index contributed by atoms with van der Waals surface area (Å²) in [5.41, 5.74) is 2.96. The van der Waals surface area contributed by atoms with Gasteiger partial charge in [0.2, 0.25) is 0 Å². The highest BCUT2D eigenvalue weighted by atomic mass is 16.6. The van der Waals surface area contributed by atoms with Gasteiger partial charge in [0.05, 0.1) is 5.69 Å². The number of hydrogen-bond acceptors (Lipinski definition) is 4. The van der Waals surface area contributed by atoms with E-state index in [1.807, 2.05) is 20.8 Å². The molecule has 5 nitrogen and oxygen atoms in total. The molecule has 0 fully saturated rings. The van der Waals surface area contributed by atoms with E-state index in [1.165, 1.54) is 11.1 Å². The minimum absolute atomic E-state index is 0.248. The normalized spacial score (nSPS) is 14.1. The number of hydrogen-bond donors (Lipinski definition) is 1. The van der Waals surface area contributed by atoms with Crippen molar-refractivity contribution in [1.29, 1.82) is 0 Å². The number of fused-ring (bicyclic) bond motifs is 1. The molecule has 0 spiro atoms. The first kappa shape index (κ1) is 19.7. The van der Waals surface area contributed by atoms with Gasteiger partial charge in [0.25, 0.3) is 0 Å². The number of ether oxygens (including phenoxy) is 1. The predicted octanol–water partition coefficient (Wildman–Crippen LogP) is 3.42. The summed E-state index contributed by atoms with van der Waals surface area (Å²) in [5.74, 6) is 0. The third kappa shape index (κ3) is 5.44. The molecule has 1 aliphatic rings. The number of para-hydroxylation sites is 1. The van der Waals surface area contributed by atoms with Gasteiger partial charge in [-0.15, -0.1) is 0 Å². The van der Waals surface area contributed by atoms with Crippen LogP contribution >= 0.6 is 0 Å². The Labute approximate surface area is 152 Å². The molecule has 5 heteroatoms. The minimum Gasteiger partial charge on any atom is -0.443 e. The van der Waals surface area contributed by atoms with Gasteiger partial charge < -0.3 is 15.0 Å². The van der Waals surface area contributed by atoms with E-state index in [-0.39, 0.29) is 6.09 Å². The van der Waals surface area contributed by atoms with E-state index in [9.17, 15) is 4.79 Å². The van der Waals surface area contributed by atoms with Crippen molar-refractivity contribution in [1.82, 2.24) is 10.2 Å². The zero-order valence-corrected chi connectivity index (χ0v) is 16.4. The molecule has 0 atom stereocenters. The molecule has 1 aliphatic heterocycles. The number of amides is 1. The second kappa shape index (κ2) is 8.68. The fourth-order valence-electron chi connectivity index (χ4n) is 3.18. The van der Waals surface area contributed by atoms with Crippen molar-refractivity contribution in [3.63, 3.8) is 0 Å². The van der Waals surface area contributed by atoms with E-state index in [4.69, 9.17) is 4.74 Å². The average Bonchev–Trinajstić information content (AvgIpc) is 2.98. The van der Waals surface area contributed by atoms with Gasteiger partial charge in [0, 0.05) is 26.2 Å². The summed E-state index contributed by atoms with van der Waals surface area (Å²) in [6.45, 7) is 15.7. The van der Waals surface area contributed by atoms with Crippen LogP contribution in [0.5, 0.6) is 0 Å². The number of likely N-dealkylation sites (N-methyl/N-ethyl adjacent to an activating group) is 1. The Morgan fingerprint density at radius 3 is 2.64 bits per heavy atom. The van der Waals surface area contributed by atoms with E-state index < -0.39 is 5.60 Å². The van der Waals surface area contributed by atoms with Crippen LogP contribution in [-0.2, 0) is 17.7 Å². The van der Waals surface area contributed by atoms with Gasteiger partial charge in [0.15, 0.2) is 0 Å². The molecule has 25 heavy (non-hydrogen) atoms. The first-order valence-corrected chi connectivity index (χ1v) is 9.40. The van der Waals surface area contributed by atoms with Gasteiger partial charge in [-0.25, -0.2) is 4.79 Å². The molecule has 1 N–H and O–H groups in total. The zero-order valence-electron chi connectivity index (χ0n) is 16.4. The number of benzene rings is 1. The smallest absolute Gasteiger partial charge is 0.414 e. The summed E-state index contributed by atoms with van der Waals surface area (Å²) in [5, 5.41) is 3.52. The summed E-state index contributed by atoms with van der Waals surface area (Å²) in [6, 6.07) is 6.30. The summed E-state index contributed by atoms with van der Waals surface area (Å²) in [6.07, 6.45) is 0.642. The summed E-state index contributed by atoms with van der Waals surface area (Å²) < 4.78 is 5.58. The fraction of sp³-hybridized carbons (Fsp3) is 0.650.